The highest BCUT2D eigenvalue weighted by atomic mass is 15.1. The van der Waals surface area contributed by atoms with Crippen LogP contribution < -0.4 is 11.1 Å². The van der Waals surface area contributed by atoms with Crippen LogP contribution in [-0.2, 0) is 13.0 Å². The van der Waals surface area contributed by atoms with Crippen LogP contribution in [0, 0.1) is 0 Å². The molecular formula is C12H20N4. The van der Waals surface area contributed by atoms with E-state index in [1.54, 1.807) is 0 Å². The Morgan fingerprint density at radius 3 is 3.19 bits per heavy atom. The highest BCUT2D eigenvalue weighted by molar-refractivity contribution is 5.13. The number of fused-ring (bicyclic) bond motifs is 1. The molecule has 0 amide bonds. The number of hydrogen-bond acceptors (Lipinski definition) is 3. The second-order valence-corrected chi connectivity index (χ2v) is 5.00. The zero-order valence-corrected chi connectivity index (χ0v) is 9.65. The van der Waals surface area contributed by atoms with E-state index < -0.39 is 0 Å². The highest BCUT2D eigenvalue weighted by Gasteiger charge is 2.23. The summed E-state index contributed by atoms with van der Waals surface area (Å²) in [7, 11) is 0. The lowest BCUT2D eigenvalue weighted by Crippen LogP contribution is -2.27. The smallest absolute Gasteiger partial charge is 0.110 e. The molecule has 2 atom stereocenters. The Morgan fingerprint density at radius 1 is 1.44 bits per heavy atom. The minimum absolute atomic E-state index is 0.200. The van der Waals surface area contributed by atoms with Crippen molar-refractivity contribution >= 4 is 0 Å². The molecule has 0 aliphatic carbocycles. The van der Waals surface area contributed by atoms with Gasteiger partial charge in [-0.05, 0) is 32.2 Å². The number of nitrogens with zero attached hydrogens (tertiary/aromatic N) is 2. The third-order valence-corrected chi connectivity index (χ3v) is 3.84. The minimum Gasteiger partial charge on any atom is -0.331 e. The summed E-state index contributed by atoms with van der Waals surface area (Å²) in [5.74, 6) is 1.23. The van der Waals surface area contributed by atoms with Gasteiger partial charge >= 0.3 is 0 Å². The summed E-state index contributed by atoms with van der Waals surface area (Å²) in [6.07, 6.45) is 7.93. The van der Waals surface area contributed by atoms with E-state index in [-0.39, 0.29) is 6.04 Å². The first kappa shape index (κ1) is 10.3. The van der Waals surface area contributed by atoms with Crippen LogP contribution in [-0.4, -0.2) is 22.1 Å². The molecule has 4 nitrogen and oxygen atoms in total. The van der Waals surface area contributed by atoms with Gasteiger partial charge in [0.1, 0.15) is 5.82 Å². The van der Waals surface area contributed by atoms with E-state index in [1.807, 2.05) is 6.20 Å². The van der Waals surface area contributed by atoms with Crippen molar-refractivity contribution < 1.29 is 0 Å². The van der Waals surface area contributed by atoms with Gasteiger partial charge in [-0.25, -0.2) is 4.98 Å². The van der Waals surface area contributed by atoms with E-state index >= 15 is 0 Å². The molecular weight excluding hydrogens is 200 g/mol. The topological polar surface area (TPSA) is 55.9 Å². The van der Waals surface area contributed by atoms with Crippen molar-refractivity contribution in [3.05, 3.63) is 17.7 Å². The number of hydrogen-bond donors (Lipinski definition) is 2. The van der Waals surface area contributed by atoms with Crippen molar-refractivity contribution in [1.82, 2.24) is 14.9 Å². The zero-order valence-electron chi connectivity index (χ0n) is 9.65. The van der Waals surface area contributed by atoms with E-state index in [0.29, 0.717) is 6.04 Å². The number of imidazole rings is 1. The summed E-state index contributed by atoms with van der Waals surface area (Å²) in [5.41, 5.74) is 7.33. The Labute approximate surface area is 96.2 Å². The van der Waals surface area contributed by atoms with Crippen LogP contribution in [0.5, 0.6) is 0 Å². The predicted octanol–water partition coefficient (Wildman–Crippen LogP) is 0.971. The maximum Gasteiger partial charge on any atom is 0.110 e. The van der Waals surface area contributed by atoms with Crippen LogP contribution in [0.3, 0.4) is 0 Å². The first-order valence-corrected chi connectivity index (χ1v) is 6.38. The summed E-state index contributed by atoms with van der Waals surface area (Å²) in [6.45, 7) is 2.27. The van der Waals surface area contributed by atoms with Gasteiger partial charge in [-0.15, -0.1) is 0 Å². The quantitative estimate of drug-likeness (QED) is 0.781. The van der Waals surface area contributed by atoms with E-state index in [0.717, 1.165) is 25.9 Å². The van der Waals surface area contributed by atoms with Gasteiger partial charge in [-0.1, -0.05) is 0 Å². The number of nitrogens with two attached hydrogens (primary N) is 1. The van der Waals surface area contributed by atoms with Crippen LogP contribution in [0.2, 0.25) is 0 Å². The van der Waals surface area contributed by atoms with Gasteiger partial charge in [0.05, 0.1) is 11.9 Å². The van der Waals surface area contributed by atoms with Crippen molar-refractivity contribution in [2.45, 2.75) is 50.7 Å². The average molecular weight is 220 g/mol. The summed E-state index contributed by atoms with van der Waals surface area (Å²) in [4.78, 5) is 4.55. The summed E-state index contributed by atoms with van der Waals surface area (Å²) in [5, 5.41) is 3.53. The maximum atomic E-state index is 6.09. The molecule has 2 aliphatic heterocycles. The number of nitrogens with one attached hydrogen (secondary N) is 1. The van der Waals surface area contributed by atoms with Gasteiger partial charge in [-0.3, -0.25) is 0 Å². The third kappa shape index (κ3) is 1.76. The molecule has 0 aromatic carbocycles. The van der Waals surface area contributed by atoms with Crippen LogP contribution in [0.15, 0.2) is 6.20 Å². The van der Waals surface area contributed by atoms with Gasteiger partial charge < -0.3 is 15.6 Å². The van der Waals surface area contributed by atoms with Crippen molar-refractivity contribution in [3.63, 3.8) is 0 Å². The van der Waals surface area contributed by atoms with Gasteiger partial charge in [0.15, 0.2) is 0 Å². The van der Waals surface area contributed by atoms with Crippen LogP contribution in [0.1, 0.15) is 43.2 Å². The Kier molecular flexibility index (Phi) is 2.69. The van der Waals surface area contributed by atoms with Gasteiger partial charge in [0.2, 0.25) is 0 Å². The van der Waals surface area contributed by atoms with Crippen molar-refractivity contribution in [1.29, 1.82) is 0 Å². The Morgan fingerprint density at radius 2 is 2.38 bits per heavy atom. The molecule has 0 saturated carbocycles. The molecule has 1 fully saturated rings. The Balaban J connectivity index is 1.79. The molecule has 0 spiro atoms. The second kappa shape index (κ2) is 4.18. The van der Waals surface area contributed by atoms with Crippen molar-refractivity contribution in [3.8, 4) is 0 Å². The molecule has 1 aromatic heterocycles. The first-order chi connectivity index (χ1) is 7.84. The predicted molar refractivity (Wildman–Crippen MR) is 63.1 cm³/mol. The lowest BCUT2D eigenvalue weighted by atomic mass is 10.1. The second-order valence-electron chi connectivity index (χ2n) is 5.00. The van der Waals surface area contributed by atoms with Crippen LogP contribution in [0.25, 0.3) is 0 Å². The van der Waals surface area contributed by atoms with Gasteiger partial charge in [0.25, 0.3) is 0 Å². The fourth-order valence-corrected chi connectivity index (χ4v) is 2.91. The maximum absolute atomic E-state index is 6.09. The zero-order chi connectivity index (χ0) is 11.0. The standard InChI is InChI=1S/C12H20N4/c13-10-4-2-6-16-11(10)8-15-12(16)7-9-3-1-5-14-9/h8-10,14H,1-7,13H2. The fourth-order valence-electron chi connectivity index (χ4n) is 2.91. The number of rotatable bonds is 2. The third-order valence-electron chi connectivity index (χ3n) is 3.84. The van der Waals surface area contributed by atoms with E-state index in [1.165, 1.54) is 30.8 Å². The lowest BCUT2D eigenvalue weighted by molar-refractivity contribution is 0.443. The summed E-state index contributed by atoms with van der Waals surface area (Å²) in [6, 6.07) is 0.830. The van der Waals surface area contributed by atoms with E-state index in [4.69, 9.17) is 5.73 Å². The van der Waals surface area contributed by atoms with Crippen LogP contribution in [0.4, 0.5) is 0 Å². The fraction of sp³-hybridized carbons (Fsp3) is 0.750. The van der Waals surface area contributed by atoms with Crippen molar-refractivity contribution in [2.24, 2.45) is 5.73 Å². The summed E-state index contributed by atoms with van der Waals surface area (Å²) < 4.78 is 2.34. The van der Waals surface area contributed by atoms with Gasteiger partial charge in [0, 0.05) is 25.0 Å². The van der Waals surface area contributed by atoms with Gasteiger partial charge in [-0.2, -0.15) is 0 Å². The molecule has 1 aromatic rings. The van der Waals surface area contributed by atoms with E-state index in [2.05, 4.69) is 14.9 Å². The van der Waals surface area contributed by atoms with E-state index in [9.17, 15) is 0 Å². The first-order valence-electron chi connectivity index (χ1n) is 6.38. The number of aromatic nitrogens is 2. The molecule has 2 aliphatic rings. The molecule has 2 unspecified atom stereocenters. The molecule has 88 valence electrons. The molecule has 16 heavy (non-hydrogen) atoms. The molecule has 3 rings (SSSR count). The molecule has 4 heteroatoms. The van der Waals surface area contributed by atoms with Crippen LogP contribution >= 0.6 is 0 Å². The minimum atomic E-state index is 0.200. The Bertz CT molecular complexity index is 365. The molecule has 3 heterocycles. The Hall–Kier alpha value is -0.870. The monoisotopic (exact) mass is 220 g/mol. The average Bonchev–Trinajstić information content (AvgIpc) is 2.90. The normalized spacial score (nSPS) is 29.3. The molecule has 1 saturated heterocycles. The molecule has 0 bridgehead atoms. The highest BCUT2D eigenvalue weighted by Crippen LogP contribution is 2.24. The molecule has 0 radical (unpaired) electrons. The molecule has 3 N–H and O–H groups in total. The SMILES string of the molecule is NC1CCCn2c1cnc2CC1CCCN1. The lowest BCUT2D eigenvalue weighted by Gasteiger charge is -2.22. The summed E-state index contributed by atoms with van der Waals surface area (Å²) >= 11 is 0. The van der Waals surface area contributed by atoms with Crippen molar-refractivity contribution in [2.75, 3.05) is 6.54 Å². The largest absolute Gasteiger partial charge is 0.331 e.